The molecule has 0 saturated carbocycles. The molecule has 1 aliphatic rings. The molecule has 1 aromatic carbocycles. The maximum Gasteiger partial charge on any atom is 0.323 e. The molecule has 0 spiro atoms. The lowest BCUT2D eigenvalue weighted by atomic mass is 10.1. The van der Waals surface area contributed by atoms with E-state index in [1.165, 1.54) is 0 Å². The Bertz CT molecular complexity index is 734. The van der Waals surface area contributed by atoms with Crippen LogP contribution < -0.4 is 15.0 Å². The second-order valence-corrected chi connectivity index (χ2v) is 6.61. The molecule has 116 valence electrons. The number of hydrogen-bond donors (Lipinski definition) is 1. The number of ether oxygens (including phenoxy) is 1. The molecule has 22 heavy (non-hydrogen) atoms. The highest BCUT2D eigenvalue weighted by molar-refractivity contribution is 5.95. The molecule has 2 aromatic rings. The smallest absolute Gasteiger partial charge is 0.323 e. The highest BCUT2D eigenvalue weighted by Gasteiger charge is 2.28. The number of aromatic nitrogens is 1. The van der Waals surface area contributed by atoms with E-state index in [0.717, 1.165) is 34.5 Å². The summed E-state index contributed by atoms with van der Waals surface area (Å²) in [6.07, 6.45) is 0.835. The van der Waals surface area contributed by atoms with E-state index in [-0.39, 0.29) is 11.6 Å². The van der Waals surface area contributed by atoms with Gasteiger partial charge in [-0.3, -0.25) is 4.90 Å². The molecule has 5 nitrogen and oxygen atoms in total. The van der Waals surface area contributed by atoms with Crippen LogP contribution in [-0.4, -0.2) is 30.2 Å². The van der Waals surface area contributed by atoms with Crippen molar-refractivity contribution in [3.8, 4) is 5.75 Å². The van der Waals surface area contributed by atoms with Crippen molar-refractivity contribution in [1.29, 1.82) is 0 Å². The lowest BCUT2D eigenvalue weighted by Crippen LogP contribution is -2.48. The van der Waals surface area contributed by atoms with E-state index in [1.807, 2.05) is 39.0 Å². The van der Waals surface area contributed by atoms with E-state index in [1.54, 1.807) is 12.0 Å². The molecule has 1 N–H and O–H groups in total. The third-order valence-corrected chi connectivity index (χ3v) is 3.67. The molecule has 0 unspecified atom stereocenters. The molecule has 0 saturated heterocycles. The summed E-state index contributed by atoms with van der Waals surface area (Å²) in [7, 11) is 1.64. The van der Waals surface area contributed by atoms with Gasteiger partial charge in [0, 0.05) is 23.5 Å². The van der Waals surface area contributed by atoms with E-state index in [9.17, 15) is 4.79 Å². The lowest BCUT2D eigenvalue weighted by Gasteiger charge is -2.25. The van der Waals surface area contributed by atoms with Crippen molar-refractivity contribution < 1.29 is 9.53 Å². The first-order valence-corrected chi connectivity index (χ1v) is 7.45. The minimum atomic E-state index is -0.264. The van der Waals surface area contributed by atoms with Crippen molar-refractivity contribution in [3.63, 3.8) is 0 Å². The highest BCUT2D eigenvalue weighted by Crippen LogP contribution is 2.31. The largest absolute Gasteiger partial charge is 0.497 e. The maximum absolute atomic E-state index is 12.4. The quantitative estimate of drug-likeness (QED) is 0.880. The summed E-state index contributed by atoms with van der Waals surface area (Å²) < 4.78 is 5.25. The van der Waals surface area contributed by atoms with Gasteiger partial charge in [-0.05, 0) is 51.0 Å². The van der Waals surface area contributed by atoms with E-state index >= 15 is 0 Å². The van der Waals surface area contributed by atoms with E-state index in [0.29, 0.717) is 6.54 Å². The Morgan fingerprint density at radius 1 is 1.32 bits per heavy atom. The number of hydrogen-bond acceptors (Lipinski definition) is 3. The van der Waals surface area contributed by atoms with Crippen molar-refractivity contribution in [1.82, 2.24) is 10.3 Å². The van der Waals surface area contributed by atoms with Gasteiger partial charge in [-0.1, -0.05) is 0 Å². The first kappa shape index (κ1) is 14.6. The van der Waals surface area contributed by atoms with Gasteiger partial charge < -0.3 is 10.1 Å². The number of pyridine rings is 1. The van der Waals surface area contributed by atoms with Crippen LogP contribution in [0.3, 0.4) is 0 Å². The summed E-state index contributed by atoms with van der Waals surface area (Å²) in [5.41, 5.74) is 1.69. The molecule has 1 aliphatic heterocycles. The molecule has 2 amide bonds. The Kier molecular flexibility index (Phi) is 3.43. The van der Waals surface area contributed by atoms with E-state index in [2.05, 4.69) is 16.4 Å². The Hall–Kier alpha value is -2.30. The van der Waals surface area contributed by atoms with Crippen molar-refractivity contribution in [2.24, 2.45) is 0 Å². The van der Waals surface area contributed by atoms with Crippen LogP contribution in [0.2, 0.25) is 0 Å². The SMILES string of the molecule is COc1ccc2cc3c(nc2c1)N(C(=O)NC(C)(C)C)CC3. The van der Waals surface area contributed by atoms with Crippen molar-refractivity contribution in [2.75, 3.05) is 18.6 Å². The highest BCUT2D eigenvalue weighted by atomic mass is 16.5. The van der Waals surface area contributed by atoms with Crippen LogP contribution >= 0.6 is 0 Å². The summed E-state index contributed by atoms with van der Waals surface area (Å²) in [6, 6.07) is 7.84. The molecule has 1 aromatic heterocycles. The fourth-order valence-electron chi connectivity index (χ4n) is 2.65. The fourth-order valence-corrected chi connectivity index (χ4v) is 2.65. The monoisotopic (exact) mass is 299 g/mol. The van der Waals surface area contributed by atoms with Gasteiger partial charge in [0.05, 0.1) is 12.6 Å². The number of methoxy groups -OCH3 is 1. The number of benzene rings is 1. The van der Waals surface area contributed by atoms with E-state index in [4.69, 9.17) is 4.74 Å². The molecule has 3 rings (SSSR count). The zero-order valence-electron chi connectivity index (χ0n) is 13.4. The first-order valence-electron chi connectivity index (χ1n) is 7.45. The van der Waals surface area contributed by atoms with Gasteiger partial charge in [0.2, 0.25) is 0 Å². The number of rotatable bonds is 1. The van der Waals surface area contributed by atoms with Gasteiger partial charge in [-0.25, -0.2) is 9.78 Å². The second-order valence-electron chi connectivity index (χ2n) is 6.61. The molecular weight excluding hydrogens is 278 g/mol. The van der Waals surface area contributed by atoms with Crippen LogP contribution in [0, 0.1) is 0 Å². The Labute approximate surface area is 130 Å². The molecular formula is C17H21N3O2. The van der Waals surface area contributed by atoms with Crippen molar-refractivity contribution >= 4 is 22.8 Å². The Morgan fingerprint density at radius 2 is 2.09 bits per heavy atom. The predicted molar refractivity (Wildman–Crippen MR) is 87.6 cm³/mol. The van der Waals surface area contributed by atoms with Gasteiger partial charge in [0.1, 0.15) is 11.6 Å². The lowest BCUT2D eigenvalue weighted by molar-refractivity contribution is 0.238. The van der Waals surface area contributed by atoms with Crippen LogP contribution in [0.25, 0.3) is 10.9 Å². The van der Waals surface area contributed by atoms with Crippen molar-refractivity contribution in [3.05, 3.63) is 29.8 Å². The second kappa shape index (κ2) is 5.16. The Balaban J connectivity index is 1.99. The van der Waals surface area contributed by atoms with Crippen LogP contribution in [0.5, 0.6) is 5.75 Å². The van der Waals surface area contributed by atoms with Gasteiger partial charge in [0.25, 0.3) is 0 Å². The minimum absolute atomic E-state index is 0.0963. The van der Waals surface area contributed by atoms with Crippen LogP contribution in [0.1, 0.15) is 26.3 Å². The minimum Gasteiger partial charge on any atom is -0.497 e. The summed E-state index contributed by atoms with van der Waals surface area (Å²) in [5.74, 6) is 1.52. The zero-order chi connectivity index (χ0) is 15.9. The summed E-state index contributed by atoms with van der Waals surface area (Å²) in [4.78, 5) is 18.8. The van der Waals surface area contributed by atoms with Gasteiger partial charge in [-0.15, -0.1) is 0 Å². The van der Waals surface area contributed by atoms with E-state index < -0.39 is 0 Å². The van der Waals surface area contributed by atoms with Crippen LogP contribution in [-0.2, 0) is 6.42 Å². The summed E-state index contributed by atoms with van der Waals surface area (Å²) >= 11 is 0. The maximum atomic E-state index is 12.4. The predicted octanol–water partition coefficient (Wildman–Crippen LogP) is 3.11. The third kappa shape index (κ3) is 2.71. The first-order chi connectivity index (χ1) is 10.4. The number of anilines is 1. The molecule has 2 heterocycles. The molecule has 0 atom stereocenters. The Morgan fingerprint density at radius 3 is 2.77 bits per heavy atom. The standard InChI is InChI=1S/C17H21N3O2/c1-17(2,3)19-16(21)20-8-7-12-9-11-5-6-13(22-4)10-14(11)18-15(12)20/h5-6,9-10H,7-8H2,1-4H3,(H,19,21). The number of amides is 2. The molecule has 0 fully saturated rings. The number of fused-ring (bicyclic) bond motifs is 2. The summed E-state index contributed by atoms with van der Waals surface area (Å²) in [5, 5.41) is 4.06. The van der Waals surface area contributed by atoms with Crippen LogP contribution in [0.4, 0.5) is 10.6 Å². The topological polar surface area (TPSA) is 54.5 Å². The van der Waals surface area contributed by atoms with Crippen LogP contribution in [0.15, 0.2) is 24.3 Å². The van der Waals surface area contributed by atoms with Gasteiger partial charge in [0.15, 0.2) is 0 Å². The number of nitrogens with zero attached hydrogens (tertiary/aromatic N) is 2. The van der Waals surface area contributed by atoms with Crippen molar-refractivity contribution in [2.45, 2.75) is 32.7 Å². The van der Waals surface area contributed by atoms with Gasteiger partial charge in [-0.2, -0.15) is 0 Å². The number of nitrogens with one attached hydrogen (secondary N) is 1. The number of urea groups is 1. The number of carbonyl (C=O) groups is 1. The fraction of sp³-hybridized carbons (Fsp3) is 0.412. The molecule has 0 aliphatic carbocycles. The average Bonchev–Trinajstić information content (AvgIpc) is 2.85. The molecule has 0 radical (unpaired) electrons. The molecule has 5 heteroatoms. The third-order valence-electron chi connectivity index (χ3n) is 3.67. The number of carbonyl (C=O) groups excluding carboxylic acids is 1. The zero-order valence-corrected chi connectivity index (χ0v) is 13.4. The normalized spacial score (nSPS) is 14.1. The summed E-state index contributed by atoms with van der Waals surface area (Å²) in [6.45, 7) is 6.58. The average molecular weight is 299 g/mol. The van der Waals surface area contributed by atoms with Gasteiger partial charge >= 0.3 is 6.03 Å². The molecule has 0 bridgehead atoms.